The van der Waals surface area contributed by atoms with Crippen LogP contribution in [0.1, 0.15) is 11.1 Å². The Morgan fingerprint density at radius 3 is 2.52 bits per heavy atom. The molecule has 152 valence electrons. The van der Waals surface area contributed by atoms with Crippen molar-refractivity contribution in [3.63, 3.8) is 0 Å². The molecule has 1 N–H and O–H groups in total. The first kappa shape index (κ1) is 19.9. The molecule has 4 rings (SSSR count). The summed E-state index contributed by atoms with van der Waals surface area (Å²) in [6, 6.07) is 26.8. The second-order valence-electron chi connectivity index (χ2n) is 6.92. The fourth-order valence-electron chi connectivity index (χ4n) is 3.47. The number of para-hydroxylation sites is 1. The molecule has 6 nitrogen and oxygen atoms in total. The molecule has 0 unspecified atom stereocenters. The molecule has 4 aromatic rings. The number of fused-ring (bicyclic) bond motifs is 1. The number of aryl methyl sites for hydroxylation is 1. The lowest BCUT2D eigenvalue weighted by molar-refractivity contribution is -0.123. The highest BCUT2D eigenvalue weighted by Crippen LogP contribution is 2.31. The zero-order chi connectivity index (χ0) is 21.6. The molecule has 0 saturated heterocycles. The largest absolute Gasteiger partial charge is 0.484 e. The predicted octanol–water partition coefficient (Wildman–Crippen LogP) is 4.25. The minimum atomic E-state index is -0.373. The third-order valence-corrected chi connectivity index (χ3v) is 4.93. The highest BCUT2D eigenvalue weighted by molar-refractivity contribution is 6.06. The summed E-state index contributed by atoms with van der Waals surface area (Å²) in [5.74, 6) is 0.139. The van der Waals surface area contributed by atoms with E-state index in [1.165, 1.54) is 0 Å². The summed E-state index contributed by atoms with van der Waals surface area (Å²) in [5.41, 5.74) is 7.15. The molecule has 31 heavy (non-hydrogen) atoms. The molecule has 3 aromatic carbocycles. The number of nitriles is 1. The average molecular weight is 408 g/mol. The number of nitrogens with zero attached hydrogens (tertiary/aromatic N) is 3. The van der Waals surface area contributed by atoms with Gasteiger partial charge < -0.3 is 9.30 Å². The van der Waals surface area contributed by atoms with Gasteiger partial charge in [0, 0.05) is 23.5 Å². The molecule has 0 aliphatic rings. The second kappa shape index (κ2) is 8.97. The standard InChI is InChI=1S/C25H20N4O2/c1-29-23-10-6-5-9-21(23)22(25(29)19-7-3-2-4-8-19)16-27-28-24(30)17-31-20-13-11-18(15-26)12-14-20/h2-14,16H,17H2,1H3,(H,28,30)/b27-16+. The first-order valence-corrected chi connectivity index (χ1v) is 9.75. The van der Waals surface area contributed by atoms with Crippen LogP contribution >= 0.6 is 0 Å². The Hall–Kier alpha value is -4.37. The van der Waals surface area contributed by atoms with Crippen molar-refractivity contribution in [1.82, 2.24) is 9.99 Å². The Bertz CT molecular complexity index is 1280. The first-order chi connectivity index (χ1) is 15.2. The molecule has 6 heteroatoms. The van der Waals surface area contributed by atoms with Crippen LogP contribution < -0.4 is 10.2 Å². The molecule has 1 aromatic heterocycles. The molecule has 1 heterocycles. The first-order valence-electron chi connectivity index (χ1n) is 9.75. The van der Waals surface area contributed by atoms with E-state index in [2.05, 4.69) is 33.3 Å². The predicted molar refractivity (Wildman–Crippen MR) is 121 cm³/mol. The van der Waals surface area contributed by atoms with Crippen molar-refractivity contribution < 1.29 is 9.53 Å². The van der Waals surface area contributed by atoms with Crippen molar-refractivity contribution in [2.45, 2.75) is 0 Å². The van der Waals surface area contributed by atoms with Crippen LogP contribution in [0.25, 0.3) is 22.2 Å². The van der Waals surface area contributed by atoms with Crippen LogP contribution in [0.4, 0.5) is 0 Å². The monoisotopic (exact) mass is 408 g/mol. The number of carbonyl (C=O) groups is 1. The average Bonchev–Trinajstić information content (AvgIpc) is 3.10. The Balaban J connectivity index is 1.51. The number of rotatable bonds is 6. The number of hydrogen-bond acceptors (Lipinski definition) is 4. The number of hydrogen-bond donors (Lipinski definition) is 1. The Morgan fingerprint density at radius 2 is 1.77 bits per heavy atom. The summed E-state index contributed by atoms with van der Waals surface area (Å²) in [7, 11) is 2.02. The molecule has 0 aliphatic heterocycles. The van der Waals surface area contributed by atoms with E-state index >= 15 is 0 Å². The van der Waals surface area contributed by atoms with Crippen LogP contribution in [0.5, 0.6) is 5.75 Å². The maximum Gasteiger partial charge on any atom is 0.277 e. The van der Waals surface area contributed by atoms with Crippen molar-refractivity contribution in [3.05, 3.63) is 90.0 Å². The van der Waals surface area contributed by atoms with Gasteiger partial charge in [0.15, 0.2) is 6.61 Å². The molecule has 1 amide bonds. The van der Waals surface area contributed by atoms with Gasteiger partial charge in [-0.25, -0.2) is 5.43 Å². The minimum Gasteiger partial charge on any atom is -0.484 e. The SMILES string of the molecule is Cn1c(-c2ccccc2)c(/C=N/NC(=O)COc2ccc(C#N)cc2)c2ccccc21. The summed E-state index contributed by atoms with van der Waals surface area (Å²) in [5, 5.41) is 14.0. The molecule has 0 radical (unpaired) electrons. The molecule has 0 spiro atoms. The van der Waals surface area contributed by atoms with Gasteiger partial charge >= 0.3 is 0 Å². The van der Waals surface area contributed by atoms with Crippen molar-refractivity contribution in [2.75, 3.05) is 6.61 Å². The summed E-state index contributed by atoms with van der Waals surface area (Å²) < 4.78 is 7.56. The quantitative estimate of drug-likeness (QED) is 0.383. The molecule has 0 saturated carbocycles. The maximum atomic E-state index is 12.1. The number of ether oxygens (including phenoxy) is 1. The Kier molecular flexibility index (Phi) is 5.77. The Morgan fingerprint density at radius 1 is 1.06 bits per heavy atom. The van der Waals surface area contributed by atoms with E-state index in [1.807, 2.05) is 49.5 Å². The second-order valence-corrected chi connectivity index (χ2v) is 6.92. The van der Waals surface area contributed by atoms with Gasteiger partial charge in [-0.1, -0.05) is 48.5 Å². The van der Waals surface area contributed by atoms with Crippen molar-refractivity contribution >= 4 is 23.0 Å². The van der Waals surface area contributed by atoms with Gasteiger partial charge in [0.05, 0.1) is 23.5 Å². The van der Waals surface area contributed by atoms with Gasteiger partial charge in [-0.2, -0.15) is 10.4 Å². The lowest BCUT2D eigenvalue weighted by Gasteiger charge is -2.06. The number of amides is 1. The number of aromatic nitrogens is 1. The van der Waals surface area contributed by atoms with Crippen LogP contribution in [-0.4, -0.2) is 23.3 Å². The highest BCUT2D eigenvalue weighted by atomic mass is 16.5. The van der Waals surface area contributed by atoms with Crippen LogP contribution in [0.15, 0.2) is 84.0 Å². The Labute approximate surface area is 180 Å². The summed E-state index contributed by atoms with van der Waals surface area (Å²) >= 11 is 0. The van der Waals surface area contributed by atoms with Crippen LogP contribution in [-0.2, 0) is 11.8 Å². The number of carbonyl (C=O) groups excluding carboxylic acids is 1. The topological polar surface area (TPSA) is 79.4 Å². The summed E-state index contributed by atoms with van der Waals surface area (Å²) in [6.07, 6.45) is 1.67. The fraction of sp³-hybridized carbons (Fsp3) is 0.0800. The zero-order valence-electron chi connectivity index (χ0n) is 16.9. The molecule has 0 fully saturated rings. The van der Waals surface area contributed by atoms with E-state index < -0.39 is 0 Å². The van der Waals surface area contributed by atoms with E-state index in [9.17, 15) is 4.79 Å². The number of nitrogens with one attached hydrogen (secondary N) is 1. The van der Waals surface area contributed by atoms with E-state index in [-0.39, 0.29) is 12.5 Å². The molecule has 0 atom stereocenters. The molecular formula is C25H20N4O2. The number of hydrazone groups is 1. The third kappa shape index (κ3) is 4.31. The van der Waals surface area contributed by atoms with Gasteiger partial charge in [0.1, 0.15) is 5.75 Å². The van der Waals surface area contributed by atoms with Crippen molar-refractivity contribution in [1.29, 1.82) is 5.26 Å². The van der Waals surface area contributed by atoms with Gasteiger partial charge in [-0.15, -0.1) is 0 Å². The van der Waals surface area contributed by atoms with Gasteiger partial charge in [-0.3, -0.25) is 4.79 Å². The van der Waals surface area contributed by atoms with Gasteiger partial charge in [-0.05, 0) is 35.9 Å². The normalized spacial score (nSPS) is 10.8. The minimum absolute atomic E-state index is 0.176. The van der Waals surface area contributed by atoms with E-state index in [0.29, 0.717) is 11.3 Å². The third-order valence-electron chi connectivity index (χ3n) is 4.93. The molecule has 0 aliphatic carbocycles. The van der Waals surface area contributed by atoms with E-state index in [4.69, 9.17) is 10.00 Å². The zero-order valence-corrected chi connectivity index (χ0v) is 16.9. The van der Waals surface area contributed by atoms with Crippen molar-refractivity contribution in [2.24, 2.45) is 12.1 Å². The van der Waals surface area contributed by atoms with Crippen LogP contribution in [0.3, 0.4) is 0 Å². The molecular weight excluding hydrogens is 388 g/mol. The van der Waals surface area contributed by atoms with Crippen molar-refractivity contribution in [3.8, 4) is 23.1 Å². The van der Waals surface area contributed by atoms with Gasteiger partial charge in [0.25, 0.3) is 5.91 Å². The lowest BCUT2D eigenvalue weighted by atomic mass is 10.1. The summed E-state index contributed by atoms with van der Waals surface area (Å²) in [4.78, 5) is 12.1. The summed E-state index contributed by atoms with van der Waals surface area (Å²) in [6.45, 7) is -0.176. The van der Waals surface area contributed by atoms with E-state index in [0.717, 1.165) is 27.7 Å². The highest BCUT2D eigenvalue weighted by Gasteiger charge is 2.15. The number of benzene rings is 3. The molecule has 0 bridgehead atoms. The smallest absolute Gasteiger partial charge is 0.277 e. The van der Waals surface area contributed by atoms with Crippen LogP contribution in [0.2, 0.25) is 0 Å². The van der Waals surface area contributed by atoms with Crippen LogP contribution in [0, 0.1) is 11.3 Å². The fourth-order valence-corrected chi connectivity index (χ4v) is 3.47. The maximum absolute atomic E-state index is 12.1. The lowest BCUT2D eigenvalue weighted by Crippen LogP contribution is -2.24. The van der Waals surface area contributed by atoms with E-state index in [1.54, 1.807) is 30.5 Å². The van der Waals surface area contributed by atoms with Gasteiger partial charge in [0.2, 0.25) is 0 Å².